The fraction of sp³-hybridized carbons (Fsp3) is 0.909. The van der Waals surface area contributed by atoms with Crippen molar-refractivity contribution < 1.29 is 9.90 Å². The number of nitrogens with zero attached hydrogens (tertiary/aromatic N) is 1. The molecule has 1 N–H and O–H groups in total. The molecular weight excluding hydrogens is 214 g/mol. The highest BCUT2D eigenvalue weighted by Crippen LogP contribution is 2.22. The third-order valence-electron chi connectivity index (χ3n) is 3.01. The average Bonchev–Trinajstić information content (AvgIpc) is 2.22. The van der Waals surface area contributed by atoms with Crippen LogP contribution in [0.4, 0.5) is 0 Å². The molecule has 1 amide bonds. The summed E-state index contributed by atoms with van der Waals surface area (Å²) in [6, 6.07) is 0. The van der Waals surface area contributed by atoms with Gasteiger partial charge < -0.3 is 10.0 Å². The minimum Gasteiger partial charge on any atom is -0.393 e. The van der Waals surface area contributed by atoms with Crippen molar-refractivity contribution in [1.29, 1.82) is 0 Å². The van der Waals surface area contributed by atoms with Crippen LogP contribution in [-0.4, -0.2) is 41.0 Å². The Morgan fingerprint density at radius 3 is 2.93 bits per heavy atom. The lowest BCUT2D eigenvalue weighted by atomic mass is 9.90. The van der Waals surface area contributed by atoms with Crippen molar-refractivity contribution in [2.75, 3.05) is 19.0 Å². The predicted molar refractivity (Wildman–Crippen MR) is 60.9 cm³/mol. The summed E-state index contributed by atoms with van der Waals surface area (Å²) < 4.78 is 0. The first-order chi connectivity index (χ1) is 7.19. The van der Waals surface area contributed by atoms with Crippen molar-refractivity contribution in [2.24, 2.45) is 5.92 Å². The molecule has 3 nitrogen and oxygen atoms in total. The molecule has 15 heavy (non-hydrogen) atoms. The topological polar surface area (TPSA) is 40.5 Å². The van der Waals surface area contributed by atoms with Gasteiger partial charge in [0, 0.05) is 31.3 Å². The summed E-state index contributed by atoms with van der Waals surface area (Å²) in [6.07, 6.45) is 2.94. The number of carbonyl (C=O) groups excluding carboxylic acids is 1. The Kier molecular flexibility index (Phi) is 5.40. The molecule has 1 rings (SSSR count). The number of aliphatic hydroxyl groups excluding tert-OH is 1. The first-order valence-electron chi connectivity index (χ1n) is 5.70. The van der Waals surface area contributed by atoms with E-state index in [1.807, 2.05) is 4.90 Å². The zero-order valence-corrected chi connectivity index (χ0v) is 10.0. The fourth-order valence-corrected chi connectivity index (χ4v) is 2.30. The number of carbonyl (C=O) groups is 1. The molecule has 4 heteroatoms. The molecule has 0 aromatic rings. The molecule has 1 saturated heterocycles. The monoisotopic (exact) mass is 233 g/mol. The Morgan fingerprint density at radius 1 is 1.60 bits per heavy atom. The van der Waals surface area contributed by atoms with Crippen LogP contribution in [0.1, 0.15) is 32.6 Å². The molecular formula is C11H20ClNO2. The van der Waals surface area contributed by atoms with E-state index in [4.69, 9.17) is 11.6 Å². The van der Waals surface area contributed by atoms with E-state index in [-0.39, 0.29) is 17.9 Å². The third kappa shape index (κ3) is 3.65. The van der Waals surface area contributed by atoms with Crippen molar-refractivity contribution >= 4 is 17.5 Å². The molecule has 2 unspecified atom stereocenters. The van der Waals surface area contributed by atoms with E-state index in [1.54, 1.807) is 0 Å². The normalized spacial score (nSPS) is 26.7. The van der Waals surface area contributed by atoms with Gasteiger partial charge in [-0.1, -0.05) is 13.3 Å². The number of halogens is 1. The van der Waals surface area contributed by atoms with Gasteiger partial charge in [-0.15, -0.1) is 11.6 Å². The molecule has 0 aromatic heterocycles. The summed E-state index contributed by atoms with van der Waals surface area (Å²) in [7, 11) is 0. The lowest BCUT2D eigenvalue weighted by molar-refractivity contribution is -0.134. The number of aliphatic hydroxyl groups is 1. The first-order valence-corrected chi connectivity index (χ1v) is 6.24. The highest BCUT2D eigenvalue weighted by Gasteiger charge is 2.28. The van der Waals surface area contributed by atoms with Crippen LogP contribution in [0, 0.1) is 5.92 Å². The summed E-state index contributed by atoms with van der Waals surface area (Å²) in [4.78, 5) is 13.5. The maximum Gasteiger partial charge on any atom is 0.223 e. The maximum atomic E-state index is 11.6. The highest BCUT2D eigenvalue weighted by atomic mass is 35.5. The Labute approximate surface area is 96.4 Å². The van der Waals surface area contributed by atoms with Crippen molar-refractivity contribution in [3.8, 4) is 0 Å². The summed E-state index contributed by atoms with van der Waals surface area (Å²) in [6.45, 7) is 3.48. The number of alkyl halides is 1. The molecule has 0 aliphatic carbocycles. The highest BCUT2D eigenvalue weighted by molar-refractivity contribution is 6.18. The lowest BCUT2D eigenvalue weighted by Gasteiger charge is -2.36. The van der Waals surface area contributed by atoms with Crippen LogP contribution in [0.2, 0.25) is 0 Å². The molecule has 1 fully saturated rings. The molecule has 0 radical (unpaired) electrons. The zero-order chi connectivity index (χ0) is 11.3. The van der Waals surface area contributed by atoms with Gasteiger partial charge in [0.15, 0.2) is 0 Å². The Bertz CT molecular complexity index is 211. The van der Waals surface area contributed by atoms with Crippen LogP contribution in [0.5, 0.6) is 0 Å². The lowest BCUT2D eigenvalue weighted by Crippen LogP contribution is -2.46. The SMILES string of the molecule is CCCC1CN(C(=O)CCCl)CCC1O. The smallest absolute Gasteiger partial charge is 0.223 e. The predicted octanol–water partition coefficient (Wildman–Crippen LogP) is 1.62. The van der Waals surface area contributed by atoms with Gasteiger partial charge in [0.1, 0.15) is 0 Å². The Morgan fingerprint density at radius 2 is 2.33 bits per heavy atom. The van der Waals surface area contributed by atoms with E-state index in [1.165, 1.54) is 0 Å². The first kappa shape index (κ1) is 12.8. The van der Waals surface area contributed by atoms with Crippen molar-refractivity contribution in [3.05, 3.63) is 0 Å². The molecule has 1 aliphatic heterocycles. The second kappa shape index (κ2) is 6.33. The van der Waals surface area contributed by atoms with Gasteiger partial charge >= 0.3 is 0 Å². The third-order valence-corrected chi connectivity index (χ3v) is 3.20. The van der Waals surface area contributed by atoms with Crippen LogP contribution in [0.15, 0.2) is 0 Å². The van der Waals surface area contributed by atoms with Crippen LogP contribution >= 0.6 is 11.6 Å². The van der Waals surface area contributed by atoms with Crippen LogP contribution in [0.25, 0.3) is 0 Å². The molecule has 0 bridgehead atoms. The molecule has 1 heterocycles. The van der Waals surface area contributed by atoms with E-state index in [9.17, 15) is 9.90 Å². The number of rotatable bonds is 4. The van der Waals surface area contributed by atoms with Gasteiger partial charge in [-0.25, -0.2) is 0 Å². The average molecular weight is 234 g/mol. The molecule has 2 atom stereocenters. The fourth-order valence-electron chi connectivity index (χ4n) is 2.14. The minimum absolute atomic E-state index is 0.123. The summed E-state index contributed by atoms with van der Waals surface area (Å²) in [5.41, 5.74) is 0. The van der Waals surface area contributed by atoms with E-state index in [0.29, 0.717) is 31.8 Å². The molecule has 0 aromatic carbocycles. The van der Waals surface area contributed by atoms with Gasteiger partial charge in [-0.05, 0) is 12.8 Å². The molecule has 88 valence electrons. The van der Waals surface area contributed by atoms with Gasteiger partial charge in [0.25, 0.3) is 0 Å². The van der Waals surface area contributed by atoms with Crippen LogP contribution in [0.3, 0.4) is 0 Å². The minimum atomic E-state index is -0.231. The maximum absolute atomic E-state index is 11.6. The van der Waals surface area contributed by atoms with E-state index in [0.717, 1.165) is 12.8 Å². The van der Waals surface area contributed by atoms with Gasteiger partial charge in [0.2, 0.25) is 5.91 Å². The Balaban J connectivity index is 2.45. The largest absolute Gasteiger partial charge is 0.393 e. The summed E-state index contributed by atoms with van der Waals surface area (Å²) in [5.74, 6) is 0.761. The number of hydrogen-bond acceptors (Lipinski definition) is 2. The van der Waals surface area contributed by atoms with E-state index in [2.05, 4.69) is 6.92 Å². The van der Waals surface area contributed by atoms with E-state index >= 15 is 0 Å². The van der Waals surface area contributed by atoms with Gasteiger partial charge in [-0.3, -0.25) is 4.79 Å². The second-order valence-corrected chi connectivity index (χ2v) is 4.56. The number of piperidine rings is 1. The van der Waals surface area contributed by atoms with Crippen LogP contribution < -0.4 is 0 Å². The summed E-state index contributed by atoms with van der Waals surface area (Å²) >= 11 is 5.54. The Hall–Kier alpha value is -0.280. The number of hydrogen-bond donors (Lipinski definition) is 1. The number of likely N-dealkylation sites (tertiary alicyclic amines) is 1. The summed E-state index contributed by atoms with van der Waals surface area (Å²) in [5, 5.41) is 9.77. The van der Waals surface area contributed by atoms with Crippen LogP contribution in [-0.2, 0) is 4.79 Å². The van der Waals surface area contributed by atoms with Crippen molar-refractivity contribution in [3.63, 3.8) is 0 Å². The zero-order valence-electron chi connectivity index (χ0n) is 9.29. The quantitative estimate of drug-likeness (QED) is 0.750. The van der Waals surface area contributed by atoms with E-state index < -0.39 is 0 Å². The number of amides is 1. The van der Waals surface area contributed by atoms with Crippen molar-refractivity contribution in [1.82, 2.24) is 4.90 Å². The van der Waals surface area contributed by atoms with Gasteiger partial charge in [-0.2, -0.15) is 0 Å². The molecule has 0 spiro atoms. The molecule has 0 saturated carbocycles. The second-order valence-electron chi connectivity index (χ2n) is 4.18. The van der Waals surface area contributed by atoms with Gasteiger partial charge in [0.05, 0.1) is 6.10 Å². The molecule has 1 aliphatic rings. The van der Waals surface area contributed by atoms with Crippen molar-refractivity contribution in [2.45, 2.75) is 38.7 Å². The standard InChI is InChI=1S/C11H20ClNO2/c1-2-3-9-8-13(7-5-10(9)14)11(15)4-6-12/h9-10,14H,2-8H2,1H3.